The second-order valence-electron chi connectivity index (χ2n) is 8.74. The Bertz CT molecular complexity index is 809. The molecular formula is C25H40N4O4. The van der Waals surface area contributed by atoms with Crippen molar-refractivity contribution in [3.63, 3.8) is 0 Å². The number of amides is 1. The highest BCUT2D eigenvalue weighted by Gasteiger charge is 2.16. The third-order valence-electron chi connectivity index (χ3n) is 4.38. The molecule has 184 valence electrons. The number of nitrogen functional groups attached to an aromatic ring is 1. The molecule has 33 heavy (non-hydrogen) atoms. The normalized spacial score (nSPS) is 10.8. The summed E-state index contributed by atoms with van der Waals surface area (Å²) in [6.07, 6.45) is 12.7. The van der Waals surface area contributed by atoms with Crippen LogP contribution in [-0.2, 0) is 27.1 Å². The summed E-state index contributed by atoms with van der Waals surface area (Å²) in [5.74, 6) is 0. The molecule has 0 aliphatic heterocycles. The van der Waals surface area contributed by atoms with Crippen LogP contribution in [0.5, 0.6) is 0 Å². The smallest absolute Gasteiger partial charge is 0.412 e. The van der Waals surface area contributed by atoms with Crippen molar-refractivity contribution >= 4 is 17.5 Å². The van der Waals surface area contributed by atoms with Gasteiger partial charge in [-0.05, 0) is 82.6 Å². The first kappa shape index (κ1) is 28.3. The van der Waals surface area contributed by atoms with Gasteiger partial charge in [-0.3, -0.25) is 15.3 Å². The van der Waals surface area contributed by atoms with Gasteiger partial charge in [0, 0.05) is 46.0 Å². The summed E-state index contributed by atoms with van der Waals surface area (Å²) in [6.45, 7) is 7.09. The van der Waals surface area contributed by atoms with Gasteiger partial charge in [0.15, 0.2) is 0 Å². The summed E-state index contributed by atoms with van der Waals surface area (Å²) < 4.78 is 15.2. The summed E-state index contributed by atoms with van der Waals surface area (Å²) in [7, 11) is 3.43. The SMILES string of the molecule is COCCCCc1cncc(N)c1.COCCCCc1cncc(NC(=O)OC(C)(C)C)c1. The number of nitrogens with zero attached hydrogens (tertiary/aromatic N) is 2. The lowest BCUT2D eigenvalue weighted by atomic mass is 10.1. The van der Waals surface area contributed by atoms with Crippen LogP contribution < -0.4 is 11.1 Å². The Morgan fingerprint density at radius 3 is 1.94 bits per heavy atom. The van der Waals surface area contributed by atoms with Gasteiger partial charge in [-0.25, -0.2) is 4.79 Å². The molecule has 2 aromatic rings. The van der Waals surface area contributed by atoms with Gasteiger partial charge in [0.25, 0.3) is 0 Å². The molecule has 8 nitrogen and oxygen atoms in total. The van der Waals surface area contributed by atoms with Gasteiger partial charge in [-0.1, -0.05) is 0 Å². The number of unbranched alkanes of at least 4 members (excludes halogenated alkanes) is 2. The average Bonchev–Trinajstić information content (AvgIpc) is 2.74. The fourth-order valence-corrected chi connectivity index (χ4v) is 2.91. The second-order valence-corrected chi connectivity index (χ2v) is 8.74. The number of carbonyl (C=O) groups excluding carboxylic acids is 1. The number of anilines is 2. The van der Waals surface area contributed by atoms with E-state index in [-0.39, 0.29) is 0 Å². The Hall–Kier alpha value is -2.71. The number of nitrogens with one attached hydrogen (secondary N) is 1. The van der Waals surface area contributed by atoms with Crippen LogP contribution in [0.1, 0.15) is 57.6 Å². The van der Waals surface area contributed by atoms with E-state index in [2.05, 4.69) is 15.3 Å². The molecule has 0 fully saturated rings. The summed E-state index contributed by atoms with van der Waals surface area (Å²) in [6, 6.07) is 3.89. The fraction of sp³-hybridized carbons (Fsp3) is 0.560. The molecule has 0 aliphatic rings. The van der Waals surface area contributed by atoms with E-state index in [0.717, 1.165) is 63.0 Å². The van der Waals surface area contributed by atoms with Crippen molar-refractivity contribution in [3.8, 4) is 0 Å². The Morgan fingerprint density at radius 2 is 1.42 bits per heavy atom. The molecule has 2 aromatic heterocycles. The van der Waals surface area contributed by atoms with Gasteiger partial charge in [0.05, 0.1) is 17.6 Å². The third kappa shape index (κ3) is 14.9. The van der Waals surface area contributed by atoms with Crippen molar-refractivity contribution < 1.29 is 19.0 Å². The van der Waals surface area contributed by atoms with E-state index in [1.165, 1.54) is 5.56 Å². The van der Waals surface area contributed by atoms with E-state index < -0.39 is 11.7 Å². The molecule has 3 N–H and O–H groups in total. The zero-order valence-corrected chi connectivity index (χ0v) is 20.7. The van der Waals surface area contributed by atoms with Crippen molar-refractivity contribution in [2.75, 3.05) is 38.5 Å². The van der Waals surface area contributed by atoms with Crippen LogP contribution in [0.4, 0.5) is 16.2 Å². The molecule has 0 radical (unpaired) electrons. The lowest BCUT2D eigenvalue weighted by Gasteiger charge is -2.19. The number of carbonyl (C=O) groups is 1. The highest BCUT2D eigenvalue weighted by Crippen LogP contribution is 2.14. The molecule has 8 heteroatoms. The Morgan fingerprint density at radius 1 is 0.879 bits per heavy atom. The zero-order valence-electron chi connectivity index (χ0n) is 20.7. The first-order valence-corrected chi connectivity index (χ1v) is 11.3. The molecule has 0 aromatic carbocycles. The Kier molecular flexibility index (Phi) is 13.7. The van der Waals surface area contributed by atoms with Crippen LogP contribution in [-0.4, -0.2) is 49.1 Å². The lowest BCUT2D eigenvalue weighted by Crippen LogP contribution is -2.27. The van der Waals surface area contributed by atoms with Crippen LogP contribution in [0, 0.1) is 0 Å². The van der Waals surface area contributed by atoms with Crippen molar-refractivity contribution in [3.05, 3.63) is 48.0 Å². The molecule has 0 unspecified atom stereocenters. The molecule has 0 spiro atoms. The highest BCUT2D eigenvalue weighted by molar-refractivity contribution is 5.84. The van der Waals surface area contributed by atoms with Crippen molar-refractivity contribution in [1.82, 2.24) is 9.97 Å². The Balaban J connectivity index is 0.000000361. The van der Waals surface area contributed by atoms with Gasteiger partial charge < -0.3 is 19.9 Å². The van der Waals surface area contributed by atoms with E-state index in [4.69, 9.17) is 19.9 Å². The Labute approximate surface area is 198 Å². The molecule has 0 bridgehead atoms. The first-order valence-electron chi connectivity index (χ1n) is 11.3. The minimum atomic E-state index is -0.505. The maximum Gasteiger partial charge on any atom is 0.412 e. The fourth-order valence-electron chi connectivity index (χ4n) is 2.91. The summed E-state index contributed by atoms with van der Waals surface area (Å²) >= 11 is 0. The van der Waals surface area contributed by atoms with Gasteiger partial charge >= 0.3 is 6.09 Å². The van der Waals surface area contributed by atoms with E-state index >= 15 is 0 Å². The number of hydrogen-bond acceptors (Lipinski definition) is 7. The van der Waals surface area contributed by atoms with Crippen LogP contribution in [0.25, 0.3) is 0 Å². The largest absolute Gasteiger partial charge is 0.444 e. The molecule has 0 atom stereocenters. The molecule has 0 saturated heterocycles. The maximum absolute atomic E-state index is 11.7. The molecule has 2 rings (SSSR count). The van der Waals surface area contributed by atoms with Crippen LogP contribution in [0.15, 0.2) is 36.9 Å². The third-order valence-corrected chi connectivity index (χ3v) is 4.38. The lowest BCUT2D eigenvalue weighted by molar-refractivity contribution is 0.0636. The molecule has 0 saturated carbocycles. The number of aromatic nitrogens is 2. The predicted molar refractivity (Wildman–Crippen MR) is 132 cm³/mol. The standard InChI is InChI=1S/C15H24N2O3.C10H16N2O/c1-15(2,3)20-14(18)17-13-9-12(10-16-11-13)7-5-6-8-19-4;1-13-5-3-2-4-9-6-10(11)8-12-7-9/h9-11H,5-8H2,1-4H3,(H,17,18);6-8H,2-5,11H2,1H3. The van der Waals surface area contributed by atoms with Gasteiger partial charge in [0.1, 0.15) is 5.60 Å². The van der Waals surface area contributed by atoms with Gasteiger partial charge in [-0.2, -0.15) is 0 Å². The quantitative estimate of drug-likeness (QED) is 0.453. The van der Waals surface area contributed by atoms with Crippen LogP contribution in [0.3, 0.4) is 0 Å². The van der Waals surface area contributed by atoms with Gasteiger partial charge in [0.2, 0.25) is 0 Å². The number of nitrogens with two attached hydrogens (primary N) is 1. The molecule has 1 amide bonds. The number of ether oxygens (including phenoxy) is 3. The summed E-state index contributed by atoms with van der Waals surface area (Å²) in [4.78, 5) is 19.8. The monoisotopic (exact) mass is 460 g/mol. The van der Waals surface area contributed by atoms with Crippen molar-refractivity contribution in [2.45, 2.75) is 64.9 Å². The topological polar surface area (TPSA) is 109 Å². The van der Waals surface area contributed by atoms with E-state index in [1.54, 1.807) is 26.6 Å². The minimum absolute atomic E-state index is 0.462. The van der Waals surface area contributed by atoms with Crippen molar-refractivity contribution in [2.24, 2.45) is 0 Å². The van der Waals surface area contributed by atoms with Crippen LogP contribution in [0.2, 0.25) is 0 Å². The van der Waals surface area contributed by atoms with Crippen molar-refractivity contribution in [1.29, 1.82) is 0 Å². The predicted octanol–water partition coefficient (Wildman–Crippen LogP) is 5.03. The summed E-state index contributed by atoms with van der Waals surface area (Å²) in [5.41, 5.74) is 8.79. The number of aryl methyl sites for hydroxylation is 2. The molecular weight excluding hydrogens is 420 g/mol. The first-order chi connectivity index (χ1) is 15.7. The number of pyridine rings is 2. The second kappa shape index (κ2) is 16.0. The number of methoxy groups -OCH3 is 2. The van der Waals surface area contributed by atoms with E-state index in [9.17, 15) is 4.79 Å². The number of hydrogen-bond donors (Lipinski definition) is 2. The van der Waals surface area contributed by atoms with Crippen LogP contribution >= 0.6 is 0 Å². The maximum atomic E-state index is 11.7. The summed E-state index contributed by atoms with van der Waals surface area (Å²) in [5, 5.41) is 2.69. The van der Waals surface area contributed by atoms with E-state index in [0.29, 0.717) is 5.69 Å². The molecule has 0 aliphatic carbocycles. The average molecular weight is 461 g/mol. The zero-order chi connectivity index (χ0) is 24.5. The highest BCUT2D eigenvalue weighted by atomic mass is 16.6. The molecule has 2 heterocycles. The van der Waals surface area contributed by atoms with Gasteiger partial charge in [-0.15, -0.1) is 0 Å². The number of rotatable bonds is 11. The minimum Gasteiger partial charge on any atom is -0.444 e. The van der Waals surface area contributed by atoms with E-state index in [1.807, 2.05) is 45.3 Å².